The quantitative estimate of drug-likeness (QED) is 0.245. The van der Waals surface area contributed by atoms with Gasteiger partial charge in [-0.15, -0.1) is 0 Å². The number of hydrogen-bond acceptors (Lipinski definition) is 3. The molecule has 2 aromatic carbocycles. The predicted molar refractivity (Wildman–Crippen MR) is 126 cm³/mol. The number of allylic oxidation sites excluding steroid dienone is 2. The summed E-state index contributed by atoms with van der Waals surface area (Å²) in [5, 5.41) is 9.30. The Labute approximate surface area is 242 Å². The maximum absolute atomic E-state index is 14.1. The summed E-state index contributed by atoms with van der Waals surface area (Å²) in [6, 6.07) is 3.89. The number of halogens is 9. The van der Waals surface area contributed by atoms with Gasteiger partial charge in [-0.2, -0.15) is 26.3 Å². The van der Waals surface area contributed by atoms with Crippen molar-refractivity contribution in [2.24, 2.45) is 0 Å². The number of rotatable bonds is 6. The van der Waals surface area contributed by atoms with Gasteiger partial charge < -0.3 is 9.84 Å². The number of alkyl halides is 6. The third-order valence-electron chi connectivity index (χ3n) is 6.06. The number of carbonyl (C=O) groups is 1. The van der Waals surface area contributed by atoms with E-state index in [-0.39, 0.29) is 70.4 Å². The van der Waals surface area contributed by atoms with E-state index in [0.717, 1.165) is 24.4 Å². The number of benzene rings is 2. The first kappa shape index (κ1) is 31.5. The van der Waals surface area contributed by atoms with E-state index >= 15 is 0 Å². The molecule has 1 heterocycles. The molecular formula is C26H17F9NNaO3. The molecule has 0 amide bonds. The van der Waals surface area contributed by atoms with Crippen LogP contribution in [0.25, 0.3) is 11.1 Å². The van der Waals surface area contributed by atoms with Crippen molar-refractivity contribution >= 4 is 46.7 Å². The molecule has 208 valence electrons. The molecule has 0 saturated heterocycles. The zero-order valence-corrected chi connectivity index (χ0v) is 19.5. The number of aromatic carboxylic acids is 1. The van der Waals surface area contributed by atoms with Crippen LogP contribution in [0.4, 0.5) is 39.5 Å². The van der Waals surface area contributed by atoms with Gasteiger partial charge in [-0.05, 0) is 60.2 Å². The van der Waals surface area contributed by atoms with E-state index in [9.17, 15) is 49.4 Å². The number of nitrogens with zero attached hydrogens (tertiary/aromatic N) is 1. The van der Waals surface area contributed by atoms with Gasteiger partial charge in [-0.1, -0.05) is 0 Å². The van der Waals surface area contributed by atoms with Gasteiger partial charge in [0.25, 0.3) is 0 Å². The number of carboxylic acids is 1. The molecular weight excluding hydrogens is 568 g/mol. The number of ether oxygens (including phenoxy) is 1. The normalized spacial score (nSPS) is 13.8. The van der Waals surface area contributed by atoms with Gasteiger partial charge in [0.2, 0.25) is 0 Å². The van der Waals surface area contributed by atoms with Crippen LogP contribution < -0.4 is 4.74 Å². The van der Waals surface area contributed by atoms with Crippen LogP contribution in [-0.2, 0) is 19.0 Å². The van der Waals surface area contributed by atoms with Crippen molar-refractivity contribution in [3.05, 3.63) is 93.6 Å². The minimum atomic E-state index is -5.06. The number of aromatic nitrogens is 1. The summed E-state index contributed by atoms with van der Waals surface area (Å²) in [4.78, 5) is 14.8. The van der Waals surface area contributed by atoms with E-state index in [0.29, 0.717) is 24.6 Å². The number of carboxylic acid groups (broad SMARTS) is 1. The van der Waals surface area contributed by atoms with Gasteiger partial charge in [0.05, 0.1) is 16.7 Å². The Hall–Kier alpha value is -3.03. The SMILES string of the molecule is O=C(O)c1cc(C2=C(c3cc(C(F)(F)F)ccc3OCc3c(F)cc(F)cc3F)CCC2)cnc1C(F)(F)F.[NaH]. The van der Waals surface area contributed by atoms with E-state index in [2.05, 4.69) is 4.98 Å². The molecule has 40 heavy (non-hydrogen) atoms. The van der Waals surface area contributed by atoms with Crippen LogP contribution in [0.5, 0.6) is 5.75 Å². The molecule has 0 unspecified atom stereocenters. The molecule has 0 aliphatic heterocycles. The van der Waals surface area contributed by atoms with Crippen molar-refractivity contribution in [1.82, 2.24) is 4.98 Å². The molecule has 0 fully saturated rings. The van der Waals surface area contributed by atoms with Crippen LogP contribution in [0, 0.1) is 17.5 Å². The first-order valence-corrected chi connectivity index (χ1v) is 11.2. The molecule has 0 spiro atoms. The number of pyridine rings is 1. The molecule has 0 atom stereocenters. The van der Waals surface area contributed by atoms with Gasteiger partial charge in [0, 0.05) is 23.9 Å². The fraction of sp³-hybridized carbons (Fsp3) is 0.231. The molecule has 0 saturated carbocycles. The summed E-state index contributed by atoms with van der Waals surface area (Å²) in [5.41, 5.74) is -4.31. The van der Waals surface area contributed by atoms with Gasteiger partial charge in [-0.25, -0.2) is 18.0 Å². The van der Waals surface area contributed by atoms with Gasteiger partial charge in [0.1, 0.15) is 29.8 Å². The van der Waals surface area contributed by atoms with Gasteiger partial charge in [0.15, 0.2) is 5.69 Å². The standard InChI is InChI=1S/C26H16F9NO3.Na.H/c27-14-8-20(28)19(21(29)9-14)11-39-22-5-4-13(25(30,31)32)7-17(22)16-3-1-2-15(16)12-6-18(24(37)38)23(36-10-12)26(33,34)35;;/h4-10H,1-3,11H2,(H,37,38);;. The Morgan fingerprint density at radius 2 is 1.52 bits per heavy atom. The van der Waals surface area contributed by atoms with Crippen LogP contribution >= 0.6 is 0 Å². The monoisotopic (exact) mass is 585 g/mol. The Bertz CT molecular complexity index is 1460. The summed E-state index contributed by atoms with van der Waals surface area (Å²) < 4.78 is 127. The van der Waals surface area contributed by atoms with Crippen LogP contribution in [0.3, 0.4) is 0 Å². The van der Waals surface area contributed by atoms with E-state index in [1.165, 1.54) is 0 Å². The molecule has 4 rings (SSSR count). The molecule has 3 aromatic rings. The molecule has 0 radical (unpaired) electrons. The maximum atomic E-state index is 14.1. The Morgan fingerprint density at radius 1 is 0.900 bits per heavy atom. The Balaban J connectivity index is 0.00000441. The van der Waals surface area contributed by atoms with Crippen LogP contribution in [0.1, 0.15) is 57.6 Å². The number of hydrogen-bond donors (Lipinski definition) is 1. The van der Waals surface area contributed by atoms with Crippen LogP contribution in [0.15, 0.2) is 42.6 Å². The first-order chi connectivity index (χ1) is 18.2. The second-order valence-corrected chi connectivity index (χ2v) is 8.58. The predicted octanol–water partition coefficient (Wildman–Crippen LogP) is 7.26. The summed E-state index contributed by atoms with van der Waals surface area (Å²) in [6.45, 7) is -0.816. The Morgan fingerprint density at radius 3 is 2.10 bits per heavy atom. The zero-order valence-electron chi connectivity index (χ0n) is 19.5. The fourth-order valence-electron chi connectivity index (χ4n) is 4.31. The van der Waals surface area contributed by atoms with Crippen molar-refractivity contribution in [1.29, 1.82) is 0 Å². The fourth-order valence-corrected chi connectivity index (χ4v) is 4.31. The Kier molecular flexibility index (Phi) is 9.32. The summed E-state index contributed by atoms with van der Waals surface area (Å²) >= 11 is 0. The molecule has 4 nitrogen and oxygen atoms in total. The van der Waals surface area contributed by atoms with Crippen LogP contribution in [0.2, 0.25) is 0 Å². The molecule has 1 aromatic heterocycles. The third kappa shape index (κ3) is 6.64. The molecule has 0 bridgehead atoms. The zero-order chi connectivity index (χ0) is 28.7. The van der Waals surface area contributed by atoms with Crippen LogP contribution in [-0.4, -0.2) is 45.6 Å². The van der Waals surface area contributed by atoms with Crippen molar-refractivity contribution in [2.75, 3.05) is 0 Å². The third-order valence-corrected chi connectivity index (χ3v) is 6.06. The summed E-state index contributed by atoms with van der Waals surface area (Å²) in [6.07, 6.45) is -8.42. The second-order valence-electron chi connectivity index (χ2n) is 8.58. The average molecular weight is 585 g/mol. The van der Waals surface area contributed by atoms with E-state index in [1.54, 1.807) is 0 Å². The van der Waals surface area contributed by atoms with E-state index < -0.39 is 64.8 Å². The molecule has 1 N–H and O–H groups in total. The molecule has 1 aliphatic carbocycles. The topological polar surface area (TPSA) is 59.4 Å². The van der Waals surface area contributed by atoms with Gasteiger partial charge >= 0.3 is 47.9 Å². The molecule has 1 aliphatic rings. The summed E-state index contributed by atoms with van der Waals surface area (Å²) in [7, 11) is 0. The minimum absolute atomic E-state index is 0. The van der Waals surface area contributed by atoms with E-state index in [1.807, 2.05) is 0 Å². The van der Waals surface area contributed by atoms with Crippen molar-refractivity contribution in [3.63, 3.8) is 0 Å². The average Bonchev–Trinajstić information content (AvgIpc) is 3.31. The van der Waals surface area contributed by atoms with Crippen molar-refractivity contribution < 1.29 is 54.2 Å². The second kappa shape index (κ2) is 11.8. The molecule has 14 heteroatoms. The van der Waals surface area contributed by atoms with E-state index in [4.69, 9.17) is 4.74 Å². The van der Waals surface area contributed by atoms with Crippen molar-refractivity contribution in [2.45, 2.75) is 38.2 Å². The van der Waals surface area contributed by atoms with Gasteiger partial charge in [-0.3, -0.25) is 4.98 Å². The summed E-state index contributed by atoms with van der Waals surface area (Å²) in [5.74, 6) is -5.88. The first-order valence-electron chi connectivity index (χ1n) is 11.2. The van der Waals surface area contributed by atoms with Crippen molar-refractivity contribution in [3.8, 4) is 5.75 Å².